The zero-order valence-electron chi connectivity index (χ0n) is 27.8. The Hall–Kier alpha value is -2.66. The van der Waals surface area contributed by atoms with Gasteiger partial charge in [0, 0.05) is 13.1 Å². The summed E-state index contributed by atoms with van der Waals surface area (Å²) in [6.45, 7) is 7.71. The van der Waals surface area contributed by atoms with Crippen LogP contribution < -0.4 is 35.7 Å². The summed E-state index contributed by atoms with van der Waals surface area (Å²) in [5.74, 6) is -1.24. The minimum Gasteiger partial charge on any atom is -0.790 e. The van der Waals surface area contributed by atoms with Crippen molar-refractivity contribution in [2.24, 2.45) is 0 Å². The Morgan fingerprint density at radius 3 is 2.35 bits per heavy atom. The largest absolute Gasteiger partial charge is 0.790 e. The van der Waals surface area contributed by atoms with Gasteiger partial charge >= 0.3 is 6.09 Å². The molecule has 2 fully saturated rings. The number of nitrogens with one attached hydrogen (secondary N) is 3. The number of rotatable bonds is 17. The summed E-state index contributed by atoms with van der Waals surface area (Å²) in [6.07, 6.45) is -1.05. The van der Waals surface area contributed by atoms with E-state index in [1.165, 1.54) is 17.2 Å². The third kappa shape index (κ3) is 12.5. The second-order valence-electron chi connectivity index (χ2n) is 12.4. The average molecular weight is 788 g/mol. The number of carbonyl (C=O) groups is 2. The van der Waals surface area contributed by atoms with Crippen LogP contribution in [0.3, 0.4) is 0 Å². The van der Waals surface area contributed by atoms with Gasteiger partial charge in [0.25, 0.3) is 15.6 Å². The third-order valence-corrected chi connectivity index (χ3v) is 10.2. The summed E-state index contributed by atoms with van der Waals surface area (Å²) in [5, 5.41) is 5.80. The van der Waals surface area contributed by atoms with E-state index in [0.29, 0.717) is 42.9 Å². The summed E-state index contributed by atoms with van der Waals surface area (Å²) in [5.41, 5.74) is 1.94. The Balaban J connectivity index is 1.30. The minimum absolute atomic E-state index is 0.292. The molecule has 2 aromatic rings. The maximum absolute atomic E-state index is 12.1. The van der Waals surface area contributed by atoms with Crippen LogP contribution in [0.1, 0.15) is 53.7 Å². The molecule has 3 N–H and O–H groups in total. The molecule has 51 heavy (non-hydrogen) atoms. The average Bonchev–Trinajstić information content (AvgIpc) is 3.61. The van der Waals surface area contributed by atoms with Gasteiger partial charge in [-0.2, -0.15) is 5.48 Å². The molecule has 4 rings (SSSR count). The number of hydrogen-bond acceptors (Lipinski definition) is 21. The summed E-state index contributed by atoms with van der Waals surface area (Å²) in [4.78, 5) is 86.0. The van der Waals surface area contributed by atoms with Crippen LogP contribution in [0.4, 0.5) is 10.6 Å². The standard InChI is InChI=1S/C24H40N7O17P3/c1-23(2,3)46-22(33)30-41-11-15(32)25-8-6-7-9-26-19-16-20(28-12-27-19)31(13-29-16)21-18-17(44-24(4,5)45-18)14(43-21)10-42-50(37,38)48-51(39,40)47-49(34,35)36/h12-14,17-18,21H,6-11H2,1-5H3,(H,25,32)(H,30,33)(H,37,38)(H,39,40)(H,26,27,28)(H2,34,35,36)/p-4/t14-,17-,18-,21-/m1/s1. The van der Waals surface area contributed by atoms with Crippen molar-refractivity contribution in [2.45, 2.75) is 83.4 Å². The number of amides is 2. The van der Waals surface area contributed by atoms with Crippen LogP contribution in [0.5, 0.6) is 0 Å². The number of unbranched alkanes of at least 4 members (excludes halogenated alkanes) is 1. The molecule has 0 aliphatic carbocycles. The van der Waals surface area contributed by atoms with Crippen molar-refractivity contribution in [1.82, 2.24) is 30.3 Å². The van der Waals surface area contributed by atoms with Crippen LogP contribution in [0, 0.1) is 0 Å². The number of anilines is 1. The highest BCUT2D eigenvalue weighted by atomic mass is 31.3. The summed E-state index contributed by atoms with van der Waals surface area (Å²) >= 11 is 0. The maximum Gasteiger partial charge on any atom is 0.431 e. The fourth-order valence-electron chi connectivity index (χ4n) is 4.83. The van der Waals surface area contributed by atoms with Crippen LogP contribution in [0.15, 0.2) is 12.7 Å². The van der Waals surface area contributed by atoms with E-state index in [9.17, 15) is 42.9 Å². The second kappa shape index (κ2) is 16.1. The Morgan fingerprint density at radius 2 is 1.67 bits per heavy atom. The number of hydrogen-bond donors (Lipinski definition) is 3. The summed E-state index contributed by atoms with van der Waals surface area (Å²) in [6, 6.07) is 0. The van der Waals surface area contributed by atoms with Crippen molar-refractivity contribution in [2.75, 3.05) is 31.6 Å². The molecule has 288 valence electrons. The first-order valence-corrected chi connectivity index (χ1v) is 19.4. The van der Waals surface area contributed by atoms with Gasteiger partial charge in [0.05, 0.1) is 20.8 Å². The number of ether oxygens (including phenoxy) is 4. The number of nitrogens with zero attached hydrogens (tertiary/aromatic N) is 4. The molecule has 0 aromatic carbocycles. The molecule has 2 unspecified atom stereocenters. The SMILES string of the molecule is CC(C)(C)OC(=O)NOCC(=O)NCCCCNc1ncnc2c1ncn2[C@@H]1O[C@H](COP(=O)([O-])OP(=O)([O-])OP(=O)([O-])[O-])[C@H]2OC(C)(C)O[C@H]21. The summed E-state index contributed by atoms with van der Waals surface area (Å²) < 4.78 is 70.0. The van der Waals surface area contributed by atoms with Crippen LogP contribution in [0.25, 0.3) is 11.2 Å². The van der Waals surface area contributed by atoms with Gasteiger partial charge in [0.2, 0.25) is 5.91 Å². The molecule has 2 aliphatic heterocycles. The van der Waals surface area contributed by atoms with Gasteiger partial charge in [-0.25, -0.2) is 24.1 Å². The van der Waals surface area contributed by atoms with E-state index >= 15 is 0 Å². The Bertz CT molecular complexity index is 1700. The fraction of sp³-hybridized carbons (Fsp3) is 0.708. The Kier molecular flexibility index (Phi) is 13.0. The molecule has 0 spiro atoms. The van der Waals surface area contributed by atoms with E-state index in [4.69, 9.17) is 23.8 Å². The molecule has 0 saturated carbocycles. The zero-order valence-corrected chi connectivity index (χ0v) is 30.5. The lowest BCUT2D eigenvalue weighted by atomic mass is 10.1. The van der Waals surface area contributed by atoms with Gasteiger partial charge in [-0.15, -0.1) is 0 Å². The highest BCUT2D eigenvalue weighted by Crippen LogP contribution is 2.60. The quantitative estimate of drug-likeness (QED) is 0.0965. The lowest BCUT2D eigenvalue weighted by molar-refractivity contribution is -0.339. The number of phosphoric acid groups is 3. The monoisotopic (exact) mass is 787 g/mol. The van der Waals surface area contributed by atoms with Crippen molar-refractivity contribution < 1.29 is 79.8 Å². The van der Waals surface area contributed by atoms with Crippen LogP contribution in [-0.2, 0) is 55.4 Å². The molecule has 24 nitrogen and oxygen atoms in total. The number of fused-ring (bicyclic) bond motifs is 2. The predicted molar refractivity (Wildman–Crippen MR) is 160 cm³/mol. The van der Waals surface area contributed by atoms with E-state index in [0.717, 1.165) is 0 Å². The minimum atomic E-state index is -6.16. The zero-order chi connectivity index (χ0) is 37.8. The molecule has 27 heteroatoms. The van der Waals surface area contributed by atoms with E-state index in [1.54, 1.807) is 34.6 Å². The molecule has 2 saturated heterocycles. The second-order valence-corrected chi connectivity index (χ2v) is 16.6. The number of hydroxylamine groups is 1. The molecule has 0 bridgehead atoms. The molecule has 2 aromatic heterocycles. The number of phosphoric ester groups is 1. The molecule has 0 radical (unpaired) electrons. The number of aromatic nitrogens is 4. The molecule has 2 aliphatic rings. The van der Waals surface area contributed by atoms with Crippen LogP contribution in [-0.4, -0.2) is 87.5 Å². The first-order chi connectivity index (χ1) is 23.5. The highest BCUT2D eigenvalue weighted by Gasteiger charge is 2.56. The lowest BCUT2D eigenvalue weighted by Gasteiger charge is -2.37. The molecular formula is C24H36N7O17P3-4. The van der Waals surface area contributed by atoms with Gasteiger partial charge in [-0.3, -0.25) is 27.6 Å². The maximum atomic E-state index is 12.1. The van der Waals surface area contributed by atoms with Gasteiger partial charge in [0.1, 0.15) is 30.2 Å². The fourth-order valence-corrected chi connectivity index (χ4v) is 7.69. The highest BCUT2D eigenvalue weighted by molar-refractivity contribution is 7.64. The van der Waals surface area contributed by atoms with Crippen molar-refractivity contribution in [3.63, 3.8) is 0 Å². The van der Waals surface area contributed by atoms with Crippen molar-refractivity contribution in [1.29, 1.82) is 0 Å². The number of carbonyl (C=O) groups excluding carboxylic acids is 2. The van der Waals surface area contributed by atoms with Crippen molar-refractivity contribution in [3.05, 3.63) is 12.7 Å². The lowest BCUT2D eigenvalue weighted by Crippen LogP contribution is -2.36. The van der Waals surface area contributed by atoms with Gasteiger partial charge < -0.3 is 58.2 Å². The van der Waals surface area contributed by atoms with Crippen LogP contribution >= 0.6 is 23.5 Å². The summed E-state index contributed by atoms with van der Waals surface area (Å²) in [7, 11) is -18.1. The van der Waals surface area contributed by atoms with E-state index < -0.39 is 84.6 Å². The smallest absolute Gasteiger partial charge is 0.431 e. The molecule has 4 heterocycles. The van der Waals surface area contributed by atoms with E-state index in [-0.39, 0.29) is 0 Å². The Labute approximate surface area is 290 Å². The molecule has 6 atom stereocenters. The van der Waals surface area contributed by atoms with Gasteiger partial charge in [-0.05, 0) is 47.5 Å². The third-order valence-electron chi connectivity index (χ3n) is 6.53. The van der Waals surface area contributed by atoms with Gasteiger partial charge in [0.15, 0.2) is 35.6 Å². The normalized spacial score (nSPS) is 24.0. The van der Waals surface area contributed by atoms with Gasteiger partial charge in [-0.1, -0.05) is 0 Å². The topological polar surface area (TPSA) is 331 Å². The van der Waals surface area contributed by atoms with Crippen molar-refractivity contribution in [3.8, 4) is 0 Å². The first kappa shape index (κ1) is 41.1. The van der Waals surface area contributed by atoms with E-state index in [1.807, 2.05) is 5.48 Å². The predicted octanol–water partition coefficient (Wildman–Crippen LogP) is -1.18. The first-order valence-electron chi connectivity index (χ1n) is 15.0. The van der Waals surface area contributed by atoms with E-state index in [2.05, 4.69) is 38.7 Å². The Morgan fingerprint density at radius 1 is 0.980 bits per heavy atom. The number of imidazole rings is 1. The molecular weight excluding hydrogens is 751 g/mol. The molecule has 2 amide bonds. The van der Waals surface area contributed by atoms with Crippen molar-refractivity contribution >= 4 is 52.5 Å². The van der Waals surface area contributed by atoms with Crippen LogP contribution in [0.2, 0.25) is 0 Å².